The number of aliphatic hydroxyl groups excluding tert-OH is 1. The van der Waals surface area contributed by atoms with Gasteiger partial charge in [0.25, 0.3) is 0 Å². The van der Waals surface area contributed by atoms with E-state index in [0.717, 1.165) is 12.8 Å². The lowest BCUT2D eigenvalue weighted by Gasteiger charge is -2.27. The predicted octanol–water partition coefficient (Wildman–Crippen LogP) is 0.428. The number of carbonyl (C=O) groups excluding carboxylic acids is 1. The third-order valence-electron chi connectivity index (χ3n) is 3.37. The average Bonchev–Trinajstić information content (AvgIpc) is 2.60. The van der Waals surface area contributed by atoms with Crippen molar-refractivity contribution in [2.75, 3.05) is 6.61 Å². The van der Waals surface area contributed by atoms with Crippen LogP contribution in [0.25, 0.3) is 0 Å². The van der Waals surface area contributed by atoms with E-state index in [4.69, 9.17) is 5.11 Å². The van der Waals surface area contributed by atoms with Crippen molar-refractivity contribution in [1.29, 1.82) is 0 Å². The molecule has 1 spiro atoms. The van der Waals surface area contributed by atoms with Gasteiger partial charge in [-0.2, -0.15) is 0 Å². The number of nitrogens with one attached hydrogen (secondary N) is 1. The number of hydrogen-bond acceptors (Lipinski definition) is 2. The van der Waals surface area contributed by atoms with Crippen LogP contribution in [-0.2, 0) is 4.79 Å². The fourth-order valence-corrected chi connectivity index (χ4v) is 2.69. The van der Waals surface area contributed by atoms with Crippen molar-refractivity contribution in [1.82, 2.24) is 5.32 Å². The molecule has 68 valence electrons. The van der Waals surface area contributed by atoms with Crippen LogP contribution in [0.1, 0.15) is 32.1 Å². The standard InChI is InChI=1S/C9H15NO2/c11-6-7-9(3-1-2-4-9)5-8(12)10-7/h7,11H,1-6H2,(H,10,12). The highest BCUT2D eigenvalue weighted by molar-refractivity contribution is 5.80. The molecule has 1 saturated carbocycles. The van der Waals surface area contributed by atoms with E-state index in [9.17, 15) is 4.79 Å². The molecule has 1 amide bonds. The average molecular weight is 169 g/mol. The fourth-order valence-electron chi connectivity index (χ4n) is 2.69. The molecule has 3 heteroatoms. The van der Waals surface area contributed by atoms with E-state index >= 15 is 0 Å². The first-order valence-electron chi connectivity index (χ1n) is 4.67. The molecule has 1 aliphatic heterocycles. The predicted molar refractivity (Wildman–Crippen MR) is 44.5 cm³/mol. The zero-order valence-electron chi connectivity index (χ0n) is 7.18. The Labute approximate surface area is 72.2 Å². The van der Waals surface area contributed by atoms with Gasteiger partial charge >= 0.3 is 0 Å². The first-order valence-corrected chi connectivity index (χ1v) is 4.67. The Kier molecular flexibility index (Phi) is 1.83. The molecule has 0 bridgehead atoms. The minimum Gasteiger partial charge on any atom is -0.394 e. The molecule has 0 aromatic heterocycles. The Hall–Kier alpha value is -0.570. The molecule has 2 N–H and O–H groups in total. The van der Waals surface area contributed by atoms with Crippen molar-refractivity contribution >= 4 is 5.91 Å². The maximum absolute atomic E-state index is 11.2. The topological polar surface area (TPSA) is 49.3 Å². The van der Waals surface area contributed by atoms with Crippen molar-refractivity contribution in [2.45, 2.75) is 38.1 Å². The normalized spacial score (nSPS) is 32.8. The van der Waals surface area contributed by atoms with E-state index in [0.29, 0.717) is 6.42 Å². The minimum atomic E-state index is 0.0347. The van der Waals surface area contributed by atoms with Crippen LogP contribution in [0.4, 0.5) is 0 Å². The Bertz CT molecular complexity index is 197. The molecule has 1 saturated heterocycles. The van der Waals surface area contributed by atoms with Gasteiger partial charge in [-0.15, -0.1) is 0 Å². The first-order chi connectivity index (χ1) is 5.77. The summed E-state index contributed by atoms with van der Waals surface area (Å²) >= 11 is 0. The highest BCUT2D eigenvalue weighted by Gasteiger charge is 2.47. The molecule has 1 heterocycles. The summed E-state index contributed by atoms with van der Waals surface area (Å²) in [5, 5.41) is 11.9. The number of rotatable bonds is 1. The van der Waals surface area contributed by atoms with Gasteiger partial charge in [-0.05, 0) is 12.8 Å². The van der Waals surface area contributed by atoms with Crippen molar-refractivity contribution in [3.05, 3.63) is 0 Å². The molecule has 2 aliphatic rings. The molecule has 1 aliphatic carbocycles. The summed E-state index contributed by atoms with van der Waals surface area (Å²) in [7, 11) is 0. The zero-order valence-corrected chi connectivity index (χ0v) is 7.18. The van der Waals surface area contributed by atoms with Crippen molar-refractivity contribution in [2.24, 2.45) is 5.41 Å². The Morgan fingerprint density at radius 3 is 2.75 bits per heavy atom. The molecule has 0 aromatic rings. The van der Waals surface area contributed by atoms with Crippen LogP contribution >= 0.6 is 0 Å². The lowest BCUT2D eigenvalue weighted by molar-refractivity contribution is -0.119. The van der Waals surface area contributed by atoms with E-state index in [1.54, 1.807) is 0 Å². The van der Waals surface area contributed by atoms with E-state index in [2.05, 4.69) is 5.32 Å². The molecule has 3 nitrogen and oxygen atoms in total. The van der Waals surface area contributed by atoms with Gasteiger partial charge in [0.15, 0.2) is 0 Å². The van der Waals surface area contributed by atoms with Crippen molar-refractivity contribution in [3.63, 3.8) is 0 Å². The summed E-state index contributed by atoms with van der Waals surface area (Å²) < 4.78 is 0. The molecule has 2 fully saturated rings. The fraction of sp³-hybridized carbons (Fsp3) is 0.889. The van der Waals surface area contributed by atoms with Crippen LogP contribution in [0.2, 0.25) is 0 Å². The lowest BCUT2D eigenvalue weighted by atomic mass is 9.79. The van der Waals surface area contributed by atoms with Crippen LogP contribution in [0.3, 0.4) is 0 Å². The van der Waals surface area contributed by atoms with Gasteiger partial charge in [-0.3, -0.25) is 4.79 Å². The Morgan fingerprint density at radius 2 is 2.17 bits per heavy atom. The zero-order chi connectivity index (χ0) is 8.60. The molecule has 1 atom stereocenters. The Balaban J connectivity index is 2.16. The largest absolute Gasteiger partial charge is 0.394 e. The molecular formula is C9H15NO2. The van der Waals surface area contributed by atoms with Crippen molar-refractivity contribution in [3.8, 4) is 0 Å². The Morgan fingerprint density at radius 1 is 1.50 bits per heavy atom. The maximum Gasteiger partial charge on any atom is 0.220 e. The second-order valence-electron chi connectivity index (χ2n) is 4.05. The smallest absolute Gasteiger partial charge is 0.220 e. The number of aliphatic hydroxyl groups is 1. The third kappa shape index (κ3) is 1.04. The lowest BCUT2D eigenvalue weighted by Crippen LogP contribution is -2.38. The summed E-state index contributed by atoms with van der Waals surface area (Å²) in [6.07, 6.45) is 5.28. The van der Waals surface area contributed by atoms with Crippen LogP contribution in [-0.4, -0.2) is 23.7 Å². The summed E-state index contributed by atoms with van der Waals surface area (Å²) in [4.78, 5) is 11.2. The molecule has 0 aromatic carbocycles. The maximum atomic E-state index is 11.2. The quantitative estimate of drug-likeness (QED) is 0.598. The first kappa shape index (κ1) is 8.05. The van der Waals surface area contributed by atoms with E-state index < -0.39 is 0 Å². The highest BCUT2D eigenvalue weighted by Crippen LogP contribution is 2.46. The molecular weight excluding hydrogens is 154 g/mol. The van der Waals surface area contributed by atoms with Gasteiger partial charge in [0.05, 0.1) is 12.6 Å². The van der Waals surface area contributed by atoms with Crippen LogP contribution in [0.15, 0.2) is 0 Å². The SMILES string of the molecule is O=C1CC2(CCCC2)C(CO)N1. The molecule has 0 radical (unpaired) electrons. The third-order valence-corrected chi connectivity index (χ3v) is 3.37. The van der Waals surface area contributed by atoms with Crippen LogP contribution in [0.5, 0.6) is 0 Å². The summed E-state index contributed by atoms with van der Waals surface area (Å²) in [5.41, 5.74) is 0.117. The van der Waals surface area contributed by atoms with Gasteiger partial charge in [0, 0.05) is 11.8 Å². The second kappa shape index (κ2) is 2.73. The van der Waals surface area contributed by atoms with Gasteiger partial charge in [0.2, 0.25) is 5.91 Å². The molecule has 12 heavy (non-hydrogen) atoms. The van der Waals surface area contributed by atoms with E-state index in [-0.39, 0.29) is 24.0 Å². The summed E-state index contributed by atoms with van der Waals surface area (Å²) in [6.45, 7) is 0.103. The number of carbonyl (C=O) groups is 1. The van der Waals surface area contributed by atoms with Gasteiger partial charge < -0.3 is 10.4 Å². The van der Waals surface area contributed by atoms with Gasteiger partial charge in [-0.25, -0.2) is 0 Å². The van der Waals surface area contributed by atoms with Crippen molar-refractivity contribution < 1.29 is 9.90 Å². The molecule has 2 rings (SSSR count). The van der Waals surface area contributed by atoms with Gasteiger partial charge in [-0.1, -0.05) is 12.8 Å². The summed E-state index contributed by atoms with van der Waals surface area (Å²) in [6, 6.07) is 0.0347. The highest BCUT2D eigenvalue weighted by atomic mass is 16.3. The van der Waals surface area contributed by atoms with Crippen LogP contribution in [0, 0.1) is 5.41 Å². The second-order valence-corrected chi connectivity index (χ2v) is 4.05. The van der Waals surface area contributed by atoms with E-state index in [1.165, 1.54) is 12.8 Å². The van der Waals surface area contributed by atoms with E-state index in [1.807, 2.05) is 0 Å². The van der Waals surface area contributed by atoms with Crippen LogP contribution < -0.4 is 5.32 Å². The number of amides is 1. The number of hydrogen-bond donors (Lipinski definition) is 2. The van der Waals surface area contributed by atoms with Gasteiger partial charge in [0.1, 0.15) is 0 Å². The summed E-state index contributed by atoms with van der Waals surface area (Å²) in [5.74, 6) is 0.121. The minimum absolute atomic E-state index is 0.0347. The monoisotopic (exact) mass is 169 g/mol. The molecule has 1 unspecified atom stereocenters.